The van der Waals surface area contributed by atoms with Crippen LogP contribution in [0.3, 0.4) is 0 Å². The van der Waals surface area contributed by atoms with Crippen molar-refractivity contribution < 1.29 is 8.42 Å². The maximum Gasteiger partial charge on any atom is 0.263 e. The smallest absolute Gasteiger partial charge is 0.235 e. The highest BCUT2D eigenvalue weighted by molar-refractivity contribution is 9.10. The van der Waals surface area contributed by atoms with Crippen molar-refractivity contribution in [3.63, 3.8) is 0 Å². The zero-order valence-electron chi connectivity index (χ0n) is 8.93. The molecule has 0 N–H and O–H groups in total. The summed E-state index contributed by atoms with van der Waals surface area (Å²) in [5, 5.41) is 7.53. The first-order chi connectivity index (χ1) is 7.53. The Hall–Kier alpha value is -0.470. The summed E-state index contributed by atoms with van der Waals surface area (Å²) in [6.07, 6.45) is 2.93. The molecule has 16 heavy (non-hydrogen) atoms. The lowest BCUT2D eigenvalue weighted by Crippen LogP contribution is -2.36. The van der Waals surface area contributed by atoms with E-state index in [1.165, 1.54) is 8.99 Å². The molecule has 0 bridgehead atoms. The Balaban J connectivity index is 2.38. The van der Waals surface area contributed by atoms with Crippen LogP contribution in [0.15, 0.2) is 9.63 Å². The van der Waals surface area contributed by atoms with Crippen LogP contribution in [0.2, 0.25) is 0 Å². The number of hydrogen-bond acceptors (Lipinski definition) is 4. The average Bonchev–Trinajstić information content (AvgIpc) is 2.60. The molecule has 0 amide bonds. The molecule has 2 heterocycles. The average molecular weight is 309 g/mol. The highest BCUT2D eigenvalue weighted by Crippen LogP contribution is 2.24. The fraction of sp³-hybridized carbons (Fsp3) is 0.750. The predicted molar refractivity (Wildman–Crippen MR) is 61.3 cm³/mol. The molecule has 6 nitrogen and oxygen atoms in total. The van der Waals surface area contributed by atoms with Crippen molar-refractivity contribution in [2.24, 2.45) is 7.05 Å². The van der Waals surface area contributed by atoms with Gasteiger partial charge in [-0.1, -0.05) is 11.6 Å². The van der Waals surface area contributed by atoms with E-state index in [1.54, 1.807) is 7.05 Å². The second kappa shape index (κ2) is 4.42. The molecule has 2 rings (SSSR count). The Morgan fingerprint density at radius 2 is 1.88 bits per heavy atom. The van der Waals surface area contributed by atoms with E-state index in [9.17, 15) is 8.42 Å². The van der Waals surface area contributed by atoms with Crippen molar-refractivity contribution in [1.29, 1.82) is 0 Å². The Morgan fingerprint density at radius 1 is 1.25 bits per heavy atom. The summed E-state index contributed by atoms with van der Waals surface area (Å²) in [4.78, 5) is 0. The molecular weight excluding hydrogens is 296 g/mol. The van der Waals surface area contributed by atoms with E-state index in [1.807, 2.05) is 0 Å². The van der Waals surface area contributed by atoms with Gasteiger partial charge in [0.05, 0.1) is 0 Å². The number of piperidine rings is 1. The topological polar surface area (TPSA) is 68.1 Å². The summed E-state index contributed by atoms with van der Waals surface area (Å²) in [5.74, 6) is 0. The molecule has 0 radical (unpaired) electrons. The molecule has 0 atom stereocenters. The number of aromatic nitrogens is 3. The monoisotopic (exact) mass is 308 g/mol. The molecule has 1 saturated heterocycles. The summed E-state index contributed by atoms with van der Waals surface area (Å²) < 4.78 is 27.6. The molecule has 0 aromatic carbocycles. The molecule has 0 saturated carbocycles. The van der Waals surface area contributed by atoms with Crippen molar-refractivity contribution >= 4 is 26.0 Å². The molecule has 1 aliphatic heterocycles. The van der Waals surface area contributed by atoms with Gasteiger partial charge in [0.2, 0.25) is 5.03 Å². The molecular formula is C8H13BrN4O2S. The van der Waals surface area contributed by atoms with Crippen LogP contribution in [0.5, 0.6) is 0 Å². The first-order valence-electron chi connectivity index (χ1n) is 5.09. The van der Waals surface area contributed by atoms with Gasteiger partial charge < -0.3 is 0 Å². The fourth-order valence-electron chi connectivity index (χ4n) is 1.82. The quantitative estimate of drug-likeness (QED) is 0.808. The van der Waals surface area contributed by atoms with Crippen molar-refractivity contribution in [2.75, 3.05) is 13.1 Å². The molecule has 0 unspecified atom stereocenters. The Bertz CT molecular complexity index is 459. The molecule has 8 heteroatoms. The summed E-state index contributed by atoms with van der Waals surface area (Å²) in [6.45, 7) is 1.17. The summed E-state index contributed by atoms with van der Waals surface area (Å²) >= 11 is 3.12. The number of hydrogen-bond donors (Lipinski definition) is 0. The van der Waals surface area contributed by atoms with E-state index in [0.717, 1.165) is 19.3 Å². The summed E-state index contributed by atoms with van der Waals surface area (Å²) in [6, 6.07) is 0. The van der Waals surface area contributed by atoms with Gasteiger partial charge in [0.1, 0.15) is 0 Å². The van der Waals surface area contributed by atoms with E-state index in [4.69, 9.17) is 0 Å². The van der Waals surface area contributed by atoms with Crippen LogP contribution in [0, 0.1) is 0 Å². The normalized spacial score (nSPS) is 18.9. The number of nitrogens with zero attached hydrogens (tertiary/aromatic N) is 4. The van der Waals surface area contributed by atoms with E-state index >= 15 is 0 Å². The summed E-state index contributed by atoms with van der Waals surface area (Å²) in [7, 11) is -1.88. The largest absolute Gasteiger partial charge is 0.263 e. The van der Waals surface area contributed by atoms with Gasteiger partial charge in [-0.3, -0.25) is 0 Å². The number of halogens is 1. The molecule has 0 spiro atoms. The third kappa shape index (κ3) is 2.01. The van der Waals surface area contributed by atoms with Gasteiger partial charge in [-0.15, -0.1) is 5.10 Å². The van der Waals surface area contributed by atoms with Gasteiger partial charge in [-0.25, -0.2) is 13.1 Å². The fourth-order valence-corrected chi connectivity index (χ4v) is 4.37. The molecule has 1 aromatic rings. The van der Waals surface area contributed by atoms with Crippen molar-refractivity contribution in [3.8, 4) is 0 Å². The predicted octanol–water partition coefficient (Wildman–Crippen LogP) is 0.752. The number of rotatable bonds is 2. The van der Waals surface area contributed by atoms with Crippen LogP contribution in [-0.2, 0) is 17.1 Å². The second-order valence-corrected chi connectivity index (χ2v) is 6.38. The third-order valence-corrected chi connectivity index (χ3v) is 5.42. The zero-order chi connectivity index (χ0) is 11.8. The number of sulfonamides is 1. The van der Waals surface area contributed by atoms with E-state index < -0.39 is 10.0 Å². The van der Waals surface area contributed by atoms with Crippen LogP contribution >= 0.6 is 15.9 Å². The third-order valence-electron chi connectivity index (χ3n) is 2.64. The highest BCUT2D eigenvalue weighted by atomic mass is 79.9. The van der Waals surface area contributed by atoms with E-state index in [2.05, 4.69) is 26.2 Å². The first kappa shape index (κ1) is 12.0. The molecule has 0 aliphatic carbocycles. The van der Waals surface area contributed by atoms with Crippen LogP contribution in [0.1, 0.15) is 19.3 Å². The lowest BCUT2D eigenvalue weighted by Gasteiger charge is -2.25. The highest BCUT2D eigenvalue weighted by Gasteiger charge is 2.31. The lowest BCUT2D eigenvalue weighted by molar-refractivity contribution is 0.343. The van der Waals surface area contributed by atoms with Gasteiger partial charge in [0.15, 0.2) is 4.60 Å². The number of aryl methyl sites for hydroxylation is 1. The zero-order valence-corrected chi connectivity index (χ0v) is 11.3. The second-order valence-electron chi connectivity index (χ2n) is 3.77. The minimum Gasteiger partial charge on any atom is -0.235 e. The standard InChI is InChI=1S/C8H13BrN4O2S/c1-12-8(7(9)10-11-12)16(14,15)13-5-3-2-4-6-13/h2-6H2,1H3. The van der Waals surface area contributed by atoms with Crippen LogP contribution in [0.25, 0.3) is 0 Å². The van der Waals surface area contributed by atoms with Gasteiger partial charge in [-0.2, -0.15) is 4.31 Å². The first-order valence-corrected chi connectivity index (χ1v) is 7.32. The maximum absolute atomic E-state index is 12.3. The molecule has 90 valence electrons. The SMILES string of the molecule is Cn1nnc(Br)c1S(=O)(=O)N1CCCCC1. The van der Waals surface area contributed by atoms with Gasteiger partial charge in [-0.05, 0) is 28.8 Å². The minimum atomic E-state index is -3.46. The lowest BCUT2D eigenvalue weighted by atomic mass is 10.2. The van der Waals surface area contributed by atoms with Gasteiger partial charge >= 0.3 is 0 Å². The molecule has 1 fully saturated rings. The Morgan fingerprint density at radius 3 is 2.38 bits per heavy atom. The van der Waals surface area contributed by atoms with E-state index in [0.29, 0.717) is 13.1 Å². The van der Waals surface area contributed by atoms with Crippen molar-refractivity contribution in [3.05, 3.63) is 4.60 Å². The maximum atomic E-state index is 12.3. The molecule has 1 aromatic heterocycles. The van der Waals surface area contributed by atoms with Crippen molar-refractivity contribution in [1.82, 2.24) is 19.3 Å². The Kier molecular flexibility index (Phi) is 3.32. The van der Waals surface area contributed by atoms with Crippen molar-refractivity contribution in [2.45, 2.75) is 24.3 Å². The van der Waals surface area contributed by atoms with Gasteiger partial charge in [0.25, 0.3) is 10.0 Å². The van der Waals surface area contributed by atoms with Crippen LogP contribution in [0.4, 0.5) is 0 Å². The van der Waals surface area contributed by atoms with Crippen LogP contribution < -0.4 is 0 Å². The minimum absolute atomic E-state index is 0.134. The van der Waals surface area contributed by atoms with E-state index in [-0.39, 0.29) is 9.63 Å². The molecule has 1 aliphatic rings. The van der Waals surface area contributed by atoms with Crippen LogP contribution in [-0.4, -0.2) is 40.8 Å². The summed E-state index contributed by atoms with van der Waals surface area (Å²) in [5.41, 5.74) is 0. The van der Waals surface area contributed by atoms with Gasteiger partial charge in [0, 0.05) is 20.1 Å². The Labute approximate surface area is 103 Å².